The van der Waals surface area contributed by atoms with Crippen molar-refractivity contribution >= 4 is 8.80 Å². The highest BCUT2D eigenvalue weighted by atomic mass is 28.4. The molecule has 0 bridgehead atoms. The summed E-state index contributed by atoms with van der Waals surface area (Å²) in [4.78, 5) is 0. The summed E-state index contributed by atoms with van der Waals surface area (Å²) in [7, 11) is 2.80. The van der Waals surface area contributed by atoms with E-state index in [9.17, 15) is 0 Å². The lowest BCUT2D eigenvalue weighted by Crippen LogP contribution is -2.47. The highest BCUT2D eigenvalue weighted by molar-refractivity contribution is 6.62. The van der Waals surface area contributed by atoms with E-state index in [2.05, 4.69) is 13.8 Å². The van der Waals surface area contributed by atoms with Crippen LogP contribution in [0.3, 0.4) is 0 Å². The fourth-order valence-corrected chi connectivity index (χ4v) is 7.80. The fourth-order valence-electron chi connectivity index (χ4n) is 5.18. The van der Waals surface area contributed by atoms with Crippen LogP contribution in [0.2, 0.25) is 5.54 Å². The van der Waals surface area contributed by atoms with Gasteiger partial charge in [0.2, 0.25) is 0 Å². The van der Waals surface area contributed by atoms with Gasteiger partial charge in [0, 0.05) is 26.9 Å². The molecule has 0 aromatic carbocycles. The molecule has 200 valence electrons. The number of rotatable bonds is 27. The number of unbranched alkanes of at least 4 members (excludes halogenated alkanes) is 19. The van der Waals surface area contributed by atoms with Crippen molar-refractivity contribution in [2.45, 2.75) is 167 Å². The Morgan fingerprint density at radius 2 is 0.636 bits per heavy atom. The van der Waals surface area contributed by atoms with Crippen molar-refractivity contribution in [3.63, 3.8) is 0 Å². The van der Waals surface area contributed by atoms with Crippen LogP contribution in [0.15, 0.2) is 0 Å². The van der Waals surface area contributed by atoms with E-state index in [0.29, 0.717) is 5.54 Å². The van der Waals surface area contributed by atoms with Crippen LogP contribution in [0.5, 0.6) is 0 Å². The molecule has 0 aliphatic heterocycles. The van der Waals surface area contributed by atoms with E-state index in [1.54, 1.807) is 21.3 Å². The summed E-state index contributed by atoms with van der Waals surface area (Å²) < 4.78 is 17.6. The van der Waals surface area contributed by atoms with Crippen molar-refractivity contribution in [3.05, 3.63) is 0 Å². The molecule has 4 heteroatoms. The maximum atomic E-state index is 5.85. The van der Waals surface area contributed by atoms with Crippen LogP contribution in [0.4, 0.5) is 0 Å². The molecule has 0 heterocycles. The van der Waals surface area contributed by atoms with Gasteiger partial charge in [-0.1, -0.05) is 149 Å². The minimum atomic E-state index is -2.52. The third kappa shape index (κ3) is 18.1. The third-order valence-corrected chi connectivity index (χ3v) is 10.7. The van der Waals surface area contributed by atoms with Crippen LogP contribution in [0, 0.1) is 0 Å². The van der Waals surface area contributed by atoms with E-state index in [1.165, 1.54) is 148 Å². The van der Waals surface area contributed by atoms with Crippen molar-refractivity contribution in [2.75, 3.05) is 21.3 Å². The Bertz CT molecular complexity index is 366. The lowest BCUT2D eigenvalue weighted by molar-refractivity contribution is 0.107. The van der Waals surface area contributed by atoms with E-state index >= 15 is 0 Å². The zero-order valence-electron chi connectivity index (χ0n) is 23.6. The molecular weight excluding hydrogens is 424 g/mol. The van der Waals surface area contributed by atoms with Crippen molar-refractivity contribution in [1.29, 1.82) is 0 Å². The Balaban J connectivity index is 3.80. The topological polar surface area (TPSA) is 27.7 Å². The monoisotopic (exact) mass is 486 g/mol. The van der Waals surface area contributed by atoms with Crippen LogP contribution in [0.1, 0.15) is 162 Å². The first-order valence-corrected chi connectivity index (χ1v) is 16.7. The second-order valence-corrected chi connectivity index (χ2v) is 13.5. The first-order valence-electron chi connectivity index (χ1n) is 14.9. The van der Waals surface area contributed by atoms with Crippen molar-refractivity contribution in [1.82, 2.24) is 0 Å². The van der Waals surface area contributed by atoms with Gasteiger partial charge in [0.15, 0.2) is 0 Å². The molecule has 0 aromatic rings. The van der Waals surface area contributed by atoms with E-state index in [4.69, 9.17) is 13.3 Å². The summed E-state index contributed by atoms with van der Waals surface area (Å²) in [5.74, 6) is 0. The highest BCUT2D eigenvalue weighted by Gasteiger charge is 2.46. The maximum absolute atomic E-state index is 5.85. The maximum Gasteiger partial charge on any atom is 0.503 e. The second kappa shape index (κ2) is 25.2. The molecule has 1 unspecified atom stereocenters. The molecule has 0 aromatic heterocycles. The summed E-state index contributed by atoms with van der Waals surface area (Å²) >= 11 is 0. The lowest BCUT2D eigenvalue weighted by Gasteiger charge is -2.32. The number of hydrogen-bond donors (Lipinski definition) is 0. The minimum Gasteiger partial charge on any atom is -0.377 e. The van der Waals surface area contributed by atoms with Crippen LogP contribution in [0.25, 0.3) is 0 Å². The first kappa shape index (κ1) is 33.1. The molecule has 0 aliphatic rings. The van der Waals surface area contributed by atoms with E-state index in [-0.39, 0.29) is 0 Å². The average molecular weight is 487 g/mol. The Morgan fingerprint density at radius 1 is 0.394 bits per heavy atom. The largest absolute Gasteiger partial charge is 0.503 e. The van der Waals surface area contributed by atoms with Crippen LogP contribution >= 0.6 is 0 Å². The van der Waals surface area contributed by atoms with E-state index < -0.39 is 8.80 Å². The minimum absolute atomic E-state index is 0.450. The molecule has 0 rings (SSSR count). The Morgan fingerprint density at radius 3 is 0.879 bits per heavy atom. The zero-order valence-corrected chi connectivity index (χ0v) is 24.6. The number of hydrogen-bond acceptors (Lipinski definition) is 3. The highest BCUT2D eigenvalue weighted by Crippen LogP contribution is 2.34. The summed E-state index contributed by atoms with van der Waals surface area (Å²) in [5.41, 5.74) is 0.450. The van der Waals surface area contributed by atoms with E-state index in [1.807, 2.05) is 0 Å². The van der Waals surface area contributed by atoms with Gasteiger partial charge in [-0.05, 0) is 12.8 Å². The predicted molar refractivity (Wildman–Crippen MR) is 148 cm³/mol. The quantitative estimate of drug-likeness (QED) is 0.0853. The van der Waals surface area contributed by atoms with Crippen LogP contribution in [-0.4, -0.2) is 30.1 Å². The summed E-state index contributed by atoms with van der Waals surface area (Å²) in [5, 5.41) is 0. The average Bonchev–Trinajstić information content (AvgIpc) is 2.84. The van der Waals surface area contributed by atoms with Crippen LogP contribution < -0.4 is 0 Å². The molecule has 0 fully saturated rings. The lowest BCUT2D eigenvalue weighted by atomic mass is 10.0. The van der Waals surface area contributed by atoms with Gasteiger partial charge in [0.05, 0.1) is 0 Å². The van der Waals surface area contributed by atoms with Gasteiger partial charge in [0.1, 0.15) is 0 Å². The van der Waals surface area contributed by atoms with Crippen molar-refractivity contribution in [2.24, 2.45) is 0 Å². The standard InChI is InChI=1S/C29H62O3Si/c1-6-8-10-12-13-14-15-16-17-18-19-20-21-22-24-26-28-29(27-25-23-11-9-7-2)33(30-3,31-4)32-5/h29H,6-28H2,1-5H3. The van der Waals surface area contributed by atoms with Gasteiger partial charge in [-0.3, -0.25) is 0 Å². The Labute approximate surface area is 210 Å². The zero-order chi connectivity index (χ0) is 24.5. The Kier molecular flexibility index (Phi) is 25.3. The Hall–Kier alpha value is 0.0969. The second-order valence-electron chi connectivity index (χ2n) is 10.2. The van der Waals surface area contributed by atoms with Gasteiger partial charge >= 0.3 is 8.80 Å². The molecule has 0 amide bonds. The molecule has 3 nitrogen and oxygen atoms in total. The molecular formula is C29H62O3Si. The molecule has 0 N–H and O–H groups in total. The third-order valence-electron chi connectivity index (χ3n) is 7.42. The van der Waals surface area contributed by atoms with Crippen molar-refractivity contribution < 1.29 is 13.3 Å². The molecule has 33 heavy (non-hydrogen) atoms. The van der Waals surface area contributed by atoms with Gasteiger partial charge < -0.3 is 13.3 Å². The van der Waals surface area contributed by atoms with Gasteiger partial charge in [0.25, 0.3) is 0 Å². The van der Waals surface area contributed by atoms with E-state index in [0.717, 1.165) is 0 Å². The molecule has 0 spiro atoms. The molecule has 0 saturated carbocycles. The fraction of sp³-hybridized carbons (Fsp3) is 1.00. The summed E-state index contributed by atoms with van der Waals surface area (Å²) in [6, 6.07) is 0. The summed E-state index contributed by atoms with van der Waals surface area (Å²) in [6.45, 7) is 4.57. The van der Waals surface area contributed by atoms with Crippen molar-refractivity contribution in [3.8, 4) is 0 Å². The molecule has 0 aliphatic carbocycles. The normalized spacial score (nSPS) is 13.0. The van der Waals surface area contributed by atoms with Crippen LogP contribution in [-0.2, 0) is 13.3 Å². The molecule has 0 radical (unpaired) electrons. The molecule has 0 saturated heterocycles. The molecule has 1 atom stereocenters. The van der Waals surface area contributed by atoms with Gasteiger partial charge in [-0.25, -0.2) is 0 Å². The smallest absolute Gasteiger partial charge is 0.377 e. The van der Waals surface area contributed by atoms with Gasteiger partial charge in [-0.2, -0.15) is 0 Å². The SMILES string of the molecule is CCCCCCCCCCCCCCCCCCC(CCCCCCC)[Si](OC)(OC)OC. The summed E-state index contributed by atoms with van der Waals surface area (Å²) in [6.07, 6.45) is 31.7. The van der Waals surface area contributed by atoms with Gasteiger partial charge in [-0.15, -0.1) is 0 Å². The first-order chi connectivity index (χ1) is 16.2. The predicted octanol–water partition coefficient (Wildman–Crippen LogP) is 10.2.